The molecular weight excluding hydrogens is 379 g/mol. The van der Waals surface area contributed by atoms with Crippen LogP contribution in [0.3, 0.4) is 0 Å². The molecule has 0 radical (unpaired) electrons. The van der Waals surface area contributed by atoms with Crippen LogP contribution in [0.15, 0.2) is 65.3 Å². The molecule has 4 rings (SSSR count). The van der Waals surface area contributed by atoms with Gasteiger partial charge in [0, 0.05) is 16.5 Å². The Kier molecular flexibility index (Phi) is 5.01. The van der Waals surface area contributed by atoms with Crippen molar-refractivity contribution in [3.05, 3.63) is 77.2 Å². The Bertz CT molecular complexity index is 1110. The average Bonchev–Trinajstić information content (AvgIpc) is 3.12. The van der Waals surface area contributed by atoms with E-state index in [1.165, 1.54) is 41.6 Å². The number of hydrogen-bond acceptors (Lipinski definition) is 5. The molecule has 0 aliphatic rings. The van der Waals surface area contributed by atoms with Crippen LogP contribution in [0.1, 0.15) is 15.9 Å². The van der Waals surface area contributed by atoms with Crippen molar-refractivity contribution >= 4 is 39.1 Å². The fourth-order valence-electron chi connectivity index (χ4n) is 2.76. The van der Waals surface area contributed by atoms with Gasteiger partial charge in [-0.25, -0.2) is 14.4 Å². The van der Waals surface area contributed by atoms with E-state index in [1.807, 2.05) is 36.6 Å². The molecule has 0 fully saturated rings. The number of carbonyl (C=O) groups excluding carboxylic acids is 1. The number of thioether (sulfide) groups is 1. The fraction of sp³-hybridized carbons (Fsp3) is 0.0952. The molecule has 2 aromatic heterocycles. The van der Waals surface area contributed by atoms with Crippen LogP contribution < -0.4 is 0 Å². The third-order valence-electron chi connectivity index (χ3n) is 4.20. The Labute approximate surface area is 164 Å². The largest absolute Gasteiger partial charge is 0.293 e. The molecule has 6 heteroatoms. The predicted molar refractivity (Wildman–Crippen MR) is 109 cm³/mol. The van der Waals surface area contributed by atoms with Crippen molar-refractivity contribution in [2.75, 3.05) is 5.75 Å². The summed E-state index contributed by atoms with van der Waals surface area (Å²) in [5.74, 6) is 0.0894. The average molecular weight is 394 g/mol. The first-order valence-corrected chi connectivity index (χ1v) is 10.2. The number of thiophene rings is 1. The molecule has 0 saturated carbocycles. The number of benzene rings is 2. The lowest BCUT2D eigenvalue weighted by Crippen LogP contribution is -2.02. The van der Waals surface area contributed by atoms with Crippen molar-refractivity contribution in [2.45, 2.75) is 11.9 Å². The first kappa shape index (κ1) is 17.8. The number of hydrogen-bond donors (Lipinski definition) is 0. The summed E-state index contributed by atoms with van der Waals surface area (Å²) >= 11 is 2.92. The molecule has 2 aromatic carbocycles. The van der Waals surface area contributed by atoms with E-state index in [-0.39, 0.29) is 11.6 Å². The monoisotopic (exact) mass is 394 g/mol. The molecule has 0 aliphatic carbocycles. The standard InChI is InChI=1S/C21H15FN2OS2/c1-13-2-4-15(5-3-13)18(25)11-27-21-19-17(10-26-20(19)23-12-24-21)14-6-8-16(22)9-7-14/h2-10,12H,11H2,1H3. The second-order valence-corrected chi connectivity index (χ2v) is 7.92. The third-order valence-corrected chi connectivity index (χ3v) is 6.08. The van der Waals surface area contributed by atoms with Crippen LogP contribution in [0.2, 0.25) is 0 Å². The Morgan fingerprint density at radius 1 is 1.07 bits per heavy atom. The van der Waals surface area contributed by atoms with Gasteiger partial charge in [0.1, 0.15) is 22.0 Å². The summed E-state index contributed by atoms with van der Waals surface area (Å²) in [6, 6.07) is 13.9. The topological polar surface area (TPSA) is 42.9 Å². The molecule has 3 nitrogen and oxygen atoms in total. The van der Waals surface area contributed by atoms with Gasteiger partial charge in [0.25, 0.3) is 0 Å². The van der Waals surface area contributed by atoms with Crippen molar-refractivity contribution < 1.29 is 9.18 Å². The van der Waals surface area contributed by atoms with Crippen LogP contribution in [0.5, 0.6) is 0 Å². The molecule has 0 N–H and O–H groups in total. The molecule has 134 valence electrons. The van der Waals surface area contributed by atoms with Gasteiger partial charge in [-0.05, 0) is 24.6 Å². The van der Waals surface area contributed by atoms with Crippen molar-refractivity contribution in [3.63, 3.8) is 0 Å². The number of aromatic nitrogens is 2. The molecule has 0 aliphatic heterocycles. The number of fused-ring (bicyclic) bond motifs is 1. The minimum absolute atomic E-state index is 0.0605. The maximum Gasteiger partial charge on any atom is 0.173 e. The molecule has 0 saturated heterocycles. The third kappa shape index (κ3) is 3.77. The Morgan fingerprint density at radius 3 is 2.56 bits per heavy atom. The van der Waals surface area contributed by atoms with Crippen LogP contribution in [0.25, 0.3) is 21.3 Å². The number of nitrogens with zero attached hydrogens (tertiary/aromatic N) is 2. The summed E-state index contributed by atoms with van der Waals surface area (Å²) in [5, 5.41) is 3.68. The van der Waals surface area contributed by atoms with E-state index in [2.05, 4.69) is 9.97 Å². The summed E-state index contributed by atoms with van der Waals surface area (Å²) in [6.07, 6.45) is 1.52. The first-order valence-electron chi connectivity index (χ1n) is 8.32. The van der Waals surface area contributed by atoms with Gasteiger partial charge >= 0.3 is 0 Å². The quantitative estimate of drug-likeness (QED) is 0.244. The van der Waals surface area contributed by atoms with E-state index in [9.17, 15) is 9.18 Å². The summed E-state index contributed by atoms with van der Waals surface area (Å²) in [4.78, 5) is 22.1. The van der Waals surface area contributed by atoms with Gasteiger partial charge in [-0.15, -0.1) is 11.3 Å². The normalized spacial score (nSPS) is 11.0. The SMILES string of the molecule is Cc1ccc(C(=O)CSc2ncnc3scc(-c4ccc(F)cc4)c23)cc1. The zero-order chi connectivity index (χ0) is 18.8. The number of aryl methyl sites for hydroxylation is 1. The lowest BCUT2D eigenvalue weighted by Gasteiger charge is -2.06. The lowest BCUT2D eigenvalue weighted by molar-refractivity contribution is 0.102. The number of Topliss-reactive ketones (excluding diaryl/α,β-unsaturated/α-hetero) is 1. The molecule has 0 atom stereocenters. The number of rotatable bonds is 5. The number of ketones is 1. The van der Waals surface area contributed by atoms with E-state index in [4.69, 9.17) is 0 Å². The number of carbonyl (C=O) groups is 1. The van der Waals surface area contributed by atoms with E-state index < -0.39 is 0 Å². The molecule has 27 heavy (non-hydrogen) atoms. The Morgan fingerprint density at radius 2 is 1.81 bits per heavy atom. The van der Waals surface area contributed by atoms with E-state index in [0.717, 1.165) is 31.9 Å². The highest BCUT2D eigenvalue weighted by Crippen LogP contribution is 2.38. The van der Waals surface area contributed by atoms with Gasteiger partial charge in [-0.3, -0.25) is 4.79 Å². The Balaban J connectivity index is 1.64. The molecular formula is C21H15FN2OS2. The summed E-state index contributed by atoms with van der Waals surface area (Å²) in [7, 11) is 0. The molecule has 4 aromatic rings. The summed E-state index contributed by atoms with van der Waals surface area (Å²) in [6.45, 7) is 1.99. The van der Waals surface area contributed by atoms with Gasteiger partial charge in [-0.2, -0.15) is 0 Å². The van der Waals surface area contributed by atoms with Crippen LogP contribution in [0, 0.1) is 12.7 Å². The molecule has 0 unspecified atom stereocenters. The van der Waals surface area contributed by atoms with Crippen LogP contribution in [-0.4, -0.2) is 21.5 Å². The van der Waals surface area contributed by atoms with Crippen molar-refractivity contribution in [1.82, 2.24) is 9.97 Å². The maximum absolute atomic E-state index is 13.3. The van der Waals surface area contributed by atoms with Crippen molar-refractivity contribution in [1.29, 1.82) is 0 Å². The second kappa shape index (κ2) is 7.58. The zero-order valence-corrected chi connectivity index (χ0v) is 16.1. The molecule has 0 spiro atoms. The molecule has 2 heterocycles. The minimum Gasteiger partial charge on any atom is -0.293 e. The minimum atomic E-state index is -0.271. The number of halogens is 1. The highest BCUT2D eigenvalue weighted by atomic mass is 32.2. The van der Waals surface area contributed by atoms with Gasteiger partial charge in [0.2, 0.25) is 0 Å². The van der Waals surface area contributed by atoms with E-state index in [0.29, 0.717) is 11.3 Å². The van der Waals surface area contributed by atoms with Crippen LogP contribution in [0.4, 0.5) is 4.39 Å². The molecule has 0 bridgehead atoms. The highest BCUT2D eigenvalue weighted by Gasteiger charge is 2.15. The summed E-state index contributed by atoms with van der Waals surface area (Å²) in [5.41, 5.74) is 3.69. The lowest BCUT2D eigenvalue weighted by atomic mass is 10.1. The van der Waals surface area contributed by atoms with Crippen LogP contribution >= 0.6 is 23.1 Å². The van der Waals surface area contributed by atoms with E-state index in [1.54, 1.807) is 12.1 Å². The van der Waals surface area contributed by atoms with Crippen LogP contribution in [-0.2, 0) is 0 Å². The first-order chi connectivity index (χ1) is 13.1. The zero-order valence-electron chi connectivity index (χ0n) is 14.5. The smallest absolute Gasteiger partial charge is 0.173 e. The Hall–Kier alpha value is -2.57. The van der Waals surface area contributed by atoms with Crippen molar-refractivity contribution in [2.24, 2.45) is 0 Å². The highest BCUT2D eigenvalue weighted by molar-refractivity contribution is 8.00. The van der Waals surface area contributed by atoms with Gasteiger partial charge in [-0.1, -0.05) is 53.7 Å². The summed E-state index contributed by atoms with van der Waals surface area (Å²) < 4.78 is 13.3. The second-order valence-electron chi connectivity index (χ2n) is 6.09. The maximum atomic E-state index is 13.3. The van der Waals surface area contributed by atoms with Gasteiger partial charge in [0.15, 0.2) is 5.78 Å². The van der Waals surface area contributed by atoms with Gasteiger partial charge < -0.3 is 0 Å². The fourth-order valence-corrected chi connectivity index (χ4v) is 4.64. The van der Waals surface area contributed by atoms with Gasteiger partial charge in [0.05, 0.1) is 11.1 Å². The predicted octanol–water partition coefficient (Wildman–Crippen LogP) is 5.78. The van der Waals surface area contributed by atoms with Crippen molar-refractivity contribution in [3.8, 4) is 11.1 Å². The molecule has 0 amide bonds. The van der Waals surface area contributed by atoms with E-state index >= 15 is 0 Å².